The molecule has 1 aromatic heterocycles. The first kappa shape index (κ1) is 18.9. The largest absolute Gasteiger partial charge is 0.371 e. The van der Waals surface area contributed by atoms with E-state index in [1.807, 2.05) is 19.1 Å². The summed E-state index contributed by atoms with van der Waals surface area (Å²) in [6.45, 7) is 4.80. The van der Waals surface area contributed by atoms with Crippen LogP contribution in [0.15, 0.2) is 60.7 Å². The predicted molar refractivity (Wildman–Crippen MR) is 114 cm³/mol. The van der Waals surface area contributed by atoms with E-state index >= 15 is 0 Å². The monoisotopic (exact) mass is 389 g/mol. The Morgan fingerprint density at radius 3 is 2.76 bits per heavy atom. The number of aryl methyl sites for hydroxylation is 1. The van der Waals surface area contributed by atoms with Crippen LogP contribution in [0.4, 0.5) is 17.2 Å². The molecule has 4 rings (SSSR count). The smallest absolute Gasteiger partial charge is 0.270 e. The zero-order valence-corrected chi connectivity index (χ0v) is 16.3. The number of nitro groups is 1. The van der Waals surface area contributed by atoms with Crippen LogP contribution in [0.5, 0.6) is 0 Å². The highest BCUT2D eigenvalue weighted by atomic mass is 16.6. The molecule has 0 saturated carbocycles. The molecule has 1 unspecified atom stereocenters. The number of aromatic nitrogens is 2. The van der Waals surface area contributed by atoms with Gasteiger partial charge in [-0.25, -0.2) is 9.97 Å². The second-order valence-corrected chi connectivity index (χ2v) is 7.34. The first-order valence-corrected chi connectivity index (χ1v) is 9.73. The fourth-order valence-electron chi connectivity index (χ4n) is 3.67. The molecule has 148 valence electrons. The fourth-order valence-corrected chi connectivity index (χ4v) is 3.67. The van der Waals surface area contributed by atoms with Gasteiger partial charge in [0.15, 0.2) is 5.82 Å². The number of benzene rings is 2. The molecule has 3 aromatic rings. The average Bonchev–Trinajstić information content (AvgIpc) is 3.22. The van der Waals surface area contributed by atoms with E-state index in [1.165, 1.54) is 17.8 Å². The molecule has 1 atom stereocenters. The Hall–Kier alpha value is -3.48. The van der Waals surface area contributed by atoms with Crippen LogP contribution in [-0.2, 0) is 0 Å². The summed E-state index contributed by atoms with van der Waals surface area (Å²) in [5.74, 6) is 1.78. The van der Waals surface area contributed by atoms with E-state index in [0.29, 0.717) is 17.3 Å². The van der Waals surface area contributed by atoms with Crippen LogP contribution < -0.4 is 10.2 Å². The summed E-state index contributed by atoms with van der Waals surface area (Å²) < 4.78 is 0. The van der Waals surface area contributed by atoms with Gasteiger partial charge >= 0.3 is 0 Å². The van der Waals surface area contributed by atoms with E-state index in [4.69, 9.17) is 0 Å². The maximum absolute atomic E-state index is 11.0. The molecule has 0 radical (unpaired) electrons. The number of nitro benzene ring substituents is 1. The van der Waals surface area contributed by atoms with Crippen LogP contribution in [0.25, 0.3) is 11.4 Å². The van der Waals surface area contributed by atoms with Gasteiger partial charge in [-0.15, -0.1) is 0 Å². The summed E-state index contributed by atoms with van der Waals surface area (Å²) in [5, 5.41) is 14.5. The molecular weight excluding hydrogens is 366 g/mol. The van der Waals surface area contributed by atoms with Gasteiger partial charge < -0.3 is 10.2 Å². The van der Waals surface area contributed by atoms with E-state index in [1.54, 1.807) is 12.1 Å². The third kappa shape index (κ3) is 4.51. The minimum absolute atomic E-state index is 0.0362. The number of hydrogen-bond donors (Lipinski definition) is 1. The Balaban J connectivity index is 1.44. The number of rotatable bonds is 6. The molecule has 2 aromatic carbocycles. The van der Waals surface area contributed by atoms with Crippen molar-refractivity contribution in [3.05, 3.63) is 76.5 Å². The molecule has 29 heavy (non-hydrogen) atoms. The number of nitrogens with zero attached hydrogens (tertiary/aromatic N) is 4. The molecule has 0 amide bonds. The van der Waals surface area contributed by atoms with Crippen molar-refractivity contribution in [1.82, 2.24) is 9.97 Å². The average molecular weight is 389 g/mol. The Morgan fingerprint density at radius 2 is 1.97 bits per heavy atom. The number of non-ortho nitro benzene ring substituents is 1. The fraction of sp³-hybridized carbons (Fsp3) is 0.273. The van der Waals surface area contributed by atoms with Crippen LogP contribution in [0, 0.1) is 23.0 Å². The molecular formula is C22H23N5O2. The lowest BCUT2D eigenvalue weighted by Gasteiger charge is -2.19. The van der Waals surface area contributed by atoms with Gasteiger partial charge in [-0.1, -0.05) is 30.3 Å². The van der Waals surface area contributed by atoms with Gasteiger partial charge in [0.2, 0.25) is 0 Å². The quantitative estimate of drug-likeness (QED) is 0.500. The zero-order chi connectivity index (χ0) is 20.2. The summed E-state index contributed by atoms with van der Waals surface area (Å²) >= 11 is 0. The summed E-state index contributed by atoms with van der Waals surface area (Å²) in [6.07, 6.45) is 1.13. The van der Waals surface area contributed by atoms with Crippen molar-refractivity contribution >= 4 is 17.2 Å². The highest BCUT2D eigenvalue weighted by Gasteiger charge is 2.22. The maximum atomic E-state index is 11.0. The third-order valence-corrected chi connectivity index (χ3v) is 5.15. The van der Waals surface area contributed by atoms with Gasteiger partial charge in [0.1, 0.15) is 5.82 Å². The van der Waals surface area contributed by atoms with Gasteiger partial charge in [0.05, 0.1) is 4.92 Å². The summed E-state index contributed by atoms with van der Waals surface area (Å²) in [5.41, 5.74) is 2.76. The number of nitrogens with one attached hydrogen (secondary N) is 1. The van der Waals surface area contributed by atoms with Crippen molar-refractivity contribution in [2.75, 3.05) is 29.9 Å². The molecule has 0 aliphatic carbocycles. The van der Waals surface area contributed by atoms with E-state index in [-0.39, 0.29) is 5.69 Å². The summed E-state index contributed by atoms with van der Waals surface area (Å²) in [6, 6.07) is 18.8. The Kier molecular flexibility index (Phi) is 5.37. The molecule has 0 spiro atoms. The van der Waals surface area contributed by atoms with Gasteiger partial charge in [-0.2, -0.15) is 0 Å². The third-order valence-electron chi connectivity index (χ3n) is 5.15. The SMILES string of the molecule is Cc1cc(NCC2CCN(c3ccccc3)C2)nc(-c2cccc([N+](=O)[O-])c2)n1. The normalized spacial score (nSPS) is 16.0. The predicted octanol–water partition coefficient (Wildman–Crippen LogP) is 4.30. The minimum Gasteiger partial charge on any atom is -0.371 e. The van der Waals surface area contributed by atoms with Crippen LogP contribution >= 0.6 is 0 Å². The molecule has 0 bridgehead atoms. The molecule has 2 heterocycles. The van der Waals surface area contributed by atoms with Crippen LogP contribution in [0.3, 0.4) is 0 Å². The van der Waals surface area contributed by atoms with Crippen molar-refractivity contribution in [1.29, 1.82) is 0 Å². The Bertz CT molecular complexity index is 1010. The van der Waals surface area contributed by atoms with Crippen molar-refractivity contribution in [2.45, 2.75) is 13.3 Å². The van der Waals surface area contributed by atoms with Crippen molar-refractivity contribution in [3.8, 4) is 11.4 Å². The molecule has 1 fully saturated rings. The van der Waals surface area contributed by atoms with Crippen molar-refractivity contribution < 1.29 is 4.92 Å². The van der Waals surface area contributed by atoms with Crippen molar-refractivity contribution in [3.63, 3.8) is 0 Å². The standard InChI is InChI=1S/C22H23N5O2/c1-16-12-21(25-22(24-16)18-6-5-9-20(13-18)27(28)29)23-14-17-10-11-26(15-17)19-7-3-2-4-8-19/h2-9,12-13,17H,10-11,14-15H2,1H3,(H,23,24,25). The second kappa shape index (κ2) is 8.26. The first-order valence-electron chi connectivity index (χ1n) is 9.73. The summed E-state index contributed by atoms with van der Waals surface area (Å²) in [7, 11) is 0. The molecule has 7 heteroatoms. The lowest BCUT2D eigenvalue weighted by atomic mass is 10.1. The highest BCUT2D eigenvalue weighted by Crippen LogP contribution is 2.25. The maximum Gasteiger partial charge on any atom is 0.270 e. The van der Waals surface area contributed by atoms with E-state index in [0.717, 1.165) is 37.6 Å². The van der Waals surface area contributed by atoms with Crippen molar-refractivity contribution in [2.24, 2.45) is 5.92 Å². The Morgan fingerprint density at radius 1 is 1.14 bits per heavy atom. The number of anilines is 2. The van der Waals surface area contributed by atoms with E-state index in [9.17, 15) is 10.1 Å². The zero-order valence-electron chi connectivity index (χ0n) is 16.3. The molecule has 1 saturated heterocycles. The van der Waals surface area contributed by atoms with E-state index in [2.05, 4.69) is 44.5 Å². The van der Waals surface area contributed by atoms with Crippen LogP contribution in [-0.4, -0.2) is 34.5 Å². The topological polar surface area (TPSA) is 84.2 Å². The van der Waals surface area contributed by atoms with Gasteiger partial charge in [-0.05, 0) is 31.4 Å². The van der Waals surface area contributed by atoms with Gasteiger partial charge in [-0.3, -0.25) is 10.1 Å². The Labute approximate surface area is 169 Å². The second-order valence-electron chi connectivity index (χ2n) is 7.34. The van der Waals surface area contributed by atoms with Crippen LogP contribution in [0.2, 0.25) is 0 Å². The molecule has 1 aliphatic rings. The lowest BCUT2D eigenvalue weighted by Crippen LogP contribution is -2.22. The van der Waals surface area contributed by atoms with E-state index < -0.39 is 4.92 Å². The minimum atomic E-state index is -0.406. The van der Waals surface area contributed by atoms with Crippen LogP contribution in [0.1, 0.15) is 12.1 Å². The molecule has 1 N–H and O–H groups in total. The van der Waals surface area contributed by atoms with Gasteiger partial charge in [0.25, 0.3) is 5.69 Å². The first-order chi connectivity index (χ1) is 14.1. The number of hydrogen-bond acceptors (Lipinski definition) is 6. The highest BCUT2D eigenvalue weighted by molar-refractivity contribution is 5.61. The summed E-state index contributed by atoms with van der Waals surface area (Å²) in [4.78, 5) is 22.1. The molecule has 7 nitrogen and oxygen atoms in total. The lowest BCUT2D eigenvalue weighted by molar-refractivity contribution is -0.384. The number of para-hydroxylation sites is 1. The van der Waals surface area contributed by atoms with Gasteiger partial charge in [0, 0.05) is 54.8 Å². The molecule has 1 aliphatic heterocycles.